The molecule has 0 heterocycles. The molecule has 100 valence electrons. The lowest BCUT2D eigenvalue weighted by molar-refractivity contribution is -0.148. The number of carbonyl (C=O) groups is 1. The molecular weight excluding hydrogens is 245 g/mol. The Balaban J connectivity index is 2.66. The molecule has 0 radical (unpaired) electrons. The monoisotopic (exact) mass is 260 g/mol. The predicted molar refractivity (Wildman–Crippen MR) is 61.3 cm³/mol. The lowest BCUT2D eigenvalue weighted by Crippen LogP contribution is -2.20. The Labute approximate surface area is 103 Å². The van der Waals surface area contributed by atoms with Crippen LogP contribution in [0.25, 0.3) is 0 Å². The molecule has 2 nitrogen and oxygen atoms in total. The fourth-order valence-corrected chi connectivity index (χ4v) is 1.77. The van der Waals surface area contributed by atoms with Crippen LogP contribution in [0.3, 0.4) is 0 Å². The minimum atomic E-state index is -4.31. The van der Waals surface area contributed by atoms with Crippen molar-refractivity contribution in [1.29, 1.82) is 0 Å². The summed E-state index contributed by atoms with van der Waals surface area (Å²) in [5.41, 5.74) is 1.72. The summed E-state index contributed by atoms with van der Waals surface area (Å²) in [6.07, 6.45) is -5.62. The van der Waals surface area contributed by atoms with E-state index in [4.69, 9.17) is 5.11 Å². The number of carboxylic acids is 1. The molecule has 1 rings (SSSR count). The molecule has 0 saturated heterocycles. The zero-order chi connectivity index (χ0) is 13.8. The minimum absolute atomic E-state index is 0.132. The Morgan fingerprint density at radius 1 is 1.39 bits per heavy atom. The van der Waals surface area contributed by atoms with Crippen LogP contribution in [0.2, 0.25) is 0 Å². The molecule has 0 bridgehead atoms. The number of aliphatic carboxylic acids is 1. The van der Waals surface area contributed by atoms with Gasteiger partial charge in [-0.05, 0) is 25.3 Å². The molecule has 0 saturated carbocycles. The highest BCUT2D eigenvalue weighted by Gasteiger charge is 2.30. The van der Waals surface area contributed by atoms with Gasteiger partial charge in [0.05, 0.1) is 5.92 Å². The standard InChI is InChI=1S/C13H15F3O2/c1-9-3-2-4-10(7-9)8-11(12(17)18)5-6-13(14,15)16/h2-4,7,11H,5-6,8H2,1H3,(H,17,18). The van der Waals surface area contributed by atoms with Crippen molar-refractivity contribution in [2.75, 3.05) is 0 Å². The summed E-state index contributed by atoms with van der Waals surface area (Å²) >= 11 is 0. The fraction of sp³-hybridized carbons (Fsp3) is 0.462. The van der Waals surface area contributed by atoms with Crippen molar-refractivity contribution in [2.24, 2.45) is 5.92 Å². The van der Waals surface area contributed by atoms with E-state index in [0.29, 0.717) is 0 Å². The Hall–Kier alpha value is -1.52. The first kappa shape index (κ1) is 14.5. The maximum Gasteiger partial charge on any atom is 0.389 e. The molecule has 5 heteroatoms. The summed E-state index contributed by atoms with van der Waals surface area (Å²) in [6, 6.07) is 7.16. The van der Waals surface area contributed by atoms with E-state index in [1.54, 1.807) is 18.2 Å². The number of aryl methyl sites for hydroxylation is 1. The predicted octanol–water partition coefficient (Wildman–Crippen LogP) is 3.58. The van der Waals surface area contributed by atoms with Crippen LogP contribution in [0.4, 0.5) is 13.2 Å². The molecule has 0 aliphatic heterocycles. The third-order valence-electron chi connectivity index (χ3n) is 2.69. The second-order valence-electron chi connectivity index (χ2n) is 4.38. The average molecular weight is 260 g/mol. The van der Waals surface area contributed by atoms with Gasteiger partial charge < -0.3 is 5.11 Å². The molecule has 1 aromatic carbocycles. The normalized spacial score (nSPS) is 13.3. The smallest absolute Gasteiger partial charge is 0.389 e. The maximum atomic E-state index is 12.1. The quantitative estimate of drug-likeness (QED) is 0.878. The van der Waals surface area contributed by atoms with E-state index in [1.165, 1.54) is 0 Å². The van der Waals surface area contributed by atoms with Crippen LogP contribution < -0.4 is 0 Å². The number of benzene rings is 1. The highest BCUT2D eigenvalue weighted by molar-refractivity contribution is 5.70. The van der Waals surface area contributed by atoms with Crippen LogP contribution in [0.5, 0.6) is 0 Å². The summed E-state index contributed by atoms with van der Waals surface area (Å²) in [5, 5.41) is 8.93. The number of hydrogen-bond acceptors (Lipinski definition) is 1. The molecule has 1 unspecified atom stereocenters. The SMILES string of the molecule is Cc1cccc(CC(CCC(F)(F)F)C(=O)O)c1. The molecule has 18 heavy (non-hydrogen) atoms. The van der Waals surface area contributed by atoms with Crippen LogP contribution >= 0.6 is 0 Å². The van der Waals surface area contributed by atoms with Gasteiger partial charge in [0, 0.05) is 6.42 Å². The second-order valence-corrected chi connectivity index (χ2v) is 4.38. The molecule has 0 aromatic heterocycles. The third-order valence-corrected chi connectivity index (χ3v) is 2.69. The zero-order valence-corrected chi connectivity index (χ0v) is 10.00. The van der Waals surface area contributed by atoms with E-state index in [9.17, 15) is 18.0 Å². The van der Waals surface area contributed by atoms with Crippen LogP contribution in [0, 0.1) is 12.8 Å². The Kier molecular flexibility index (Phi) is 4.76. The molecule has 1 N–H and O–H groups in total. The highest BCUT2D eigenvalue weighted by atomic mass is 19.4. The zero-order valence-electron chi connectivity index (χ0n) is 10.00. The van der Waals surface area contributed by atoms with E-state index < -0.39 is 24.5 Å². The molecule has 0 spiro atoms. The van der Waals surface area contributed by atoms with Crippen LogP contribution in [0.15, 0.2) is 24.3 Å². The first-order valence-corrected chi connectivity index (χ1v) is 5.63. The van der Waals surface area contributed by atoms with E-state index in [-0.39, 0.29) is 12.8 Å². The summed E-state index contributed by atoms with van der Waals surface area (Å²) in [4.78, 5) is 10.9. The van der Waals surface area contributed by atoms with Gasteiger partial charge in [-0.2, -0.15) is 13.2 Å². The van der Waals surface area contributed by atoms with Gasteiger partial charge in [-0.25, -0.2) is 0 Å². The van der Waals surface area contributed by atoms with E-state index in [1.807, 2.05) is 13.0 Å². The number of alkyl halides is 3. The highest BCUT2D eigenvalue weighted by Crippen LogP contribution is 2.26. The van der Waals surface area contributed by atoms with E-state index in [2.05, 4.69) is 0 Å². The average Bonchev–Trinajstić information content (AvgIpc) is 2.22. The van der Waals surface area contributed by atoms with Gasteiger partial charge in [-0.15, -0.1) is 0 Å². The van der Waals surface area contributed by atoms with Gasteiger partial charge in [-0.1, -0.05) is 29.8 Å². The Morgan fingerprint density at radius 3 is 2.56 bits per heavy atom. The van der Waals surface area contributed by atoms with Gasteiger partial charge in [0.1, 0.15) is 0 Å². The topological polar surface area (TPSA) is 37.3 Å². The summed E-state index contributed by atoms with van der Waals surface area (Å²) in [5.74, 6) is -2.17. The first-order valence-electron chi connectivity index (χ1n) is 5.63. The van der Waals surface area contributed by atoms with Crippen molar-refractivity contribution in [2.45, 2.75) is 32.4 Å². The van der Waals surface area contributed by atoms with Crippen molar-refractivity contribution in [1.82, 2.24) is 0 Å². The summed E-state index contributed by atoms with van der Waals surface area (Å²) in [7, 11) is 0. The number of carboxylic acid groups (broad SMARTS) is 1. The van der Waals surface area contributed by atoms with Crippen LogP contribution in [-0.2, 0) is 11.2 Å². The van der Waals surface area contributed by atoms with E-state index >= 15 is 0 Å². The van der Waals surface area contributed by atoms with Crippen LogP contribution in [0.1, 0.15) is 24.0 Å². The van der Waals surface area contributed by atoms with Crippen molar-refractivity contribution in [3.8, 4) is 0 Å². The number of halogens is 3. The lowest BCUT2D eigenvalue weighted by atomic mass is 9.94. The van der Waals surface area contributed by atoms with Crippen LogP contribution in [-0.4, -0.2) is 17.3 Å². The lowest BCUT2D eigenvalue weighted by Gasteiger charge is -2.14. The van der Waals surface area contributed by atoms with Crippen molar-refractivity contribution < 1.29 is 23.1 Å². The fourth-order valence-electron chi connectivity index (χ4n) is 1.77. The van der Waals surface area contributed by atoms with Crippen molar-refractivity contribution in [3.63, 3.8) is 0 Å². The molecular formula is C13H15F3O2. The third kappa shape index (κ3) is 5.21. The minimum Gasteiger partial charge on any atom is -0.481 e. The maximum absolute atomic E-state index is 12.1. The molecule has 1 aromatic rings. The van der Waals surface area contributed by atoms with Crippen molar-refractivity contribution in [3.05, 3.63) is 35.4 Å². The van der Waals surface area contributed by atoms with Crippen molar-refractivity contribution >= 4 is 5.97 Å². The number of rotatable bonds is 5. The van der Waals surface area contributed by atoms with Gasteiger partial charge in [-0.3, -0.25) is 4.79 Å². The van der Waals surface area contributed by atoms with Gasteiger partial charge in [0.15, 0.2) is 0 Å². The molecule has 0 aliphatic carbocycles. The Bertz CT molecular complexity index is 413. The molecule has 1 atom stereocenters. The Morgan fingerprint density at radius 2 is 2.06 bits per heavy atom. The largest absolute Gasteiger partial charge is 0.481 e. The van der Waals surface area contributed by atoms with Gasteiger partial charge >= 0.3 is 12.1 Å². The molecule has 0 amide bonds. The molecule has 0 aliphatic rings. The summed E-state index contributed by atoms with van der Waals surface area (Å²) < 4.78 is 36.3. The first-order chi connectivity index (χ1) is 8.28. The van der Waals surface area contributed by atoms with Gasteiger partial charge in [0.2, 0.25) is 0 Å². The van der Waals surface area contributed by atoms with Gasteiger partial charge in [0.25, 0.3) is 0 Å². The number of hydrogen-bond donors (Lipinski definition) is 1. The second kappa shape index (κ2) is 5.89. The van der Waals surface area contributed by atoms with E-state index in [0.717, 1.165) is 11.1 Å². The summed E-state index contributed by atoms with van der Waals surface area (Å²) in [6.45, 7) is 1.86. The molecule has 0 fully saturated rings.